The molecule has 0 amide bonds. The minimum absolute atomic E-state index is 1.06. The van der Waals surface area contributed by atoms with Crippen molar-refractivity contribution in [1.29, 1.82) is 0 Å². The summed E-state index contributed by atoms with van der Waals surface area (Å²) in [6.07, 6.45) is 0. The van der Waals surface area contributed by atoms with Gasteiger partial charge in [-0.1, -0.05) is 0 Å². The van der Waals surface area contributed by atoms with Gasteiger partial charge in [-0.15, -0.1) is 0 Å². The van der Waals surface area contributed by atoms with Gasteiger partial charge in [0.05, 0.1) is 0 Å². The molecule has 0 bridgehead atoms. The number of aliphatic carboxylic acids is 2. The Hall–Kier alpha value is -1.14. The number of rotatable bonds is 3. The van der Waals surface area contributed by atoms with E-state index >= 15 is 0 Å². The number of hydrogen-bond donors (Lipinski definition) is 4. The Balaban J connectivity index is 5.01. The first-order valence-corrected chi connectivity index (χ1v) is 3.18. The van der Waals surface area contributed by atoms with E-state index in [9.17, 15) is 9.59 Å². The molecule has 0 aliphatic rings. The first kappa shape index (κ1) is 10.9. The zero-order valence-electron chi connectivity index (χ0n) is 6.87. The van der Waals surface area contributed by atoms with Gasteiger partial charge in [-0.25, -0.2) is 0 Å². The summed E-state index contributed by atoms with van der Waals surface area (Å²) in [6, 6.07) is 0. The van der Waals surface area contributed by atoms with E-state index in [0.717, 1.165) is 13.8 Å². The van der Waals surface area contributed by atoms with Crippen LogP contribution < -0.4 is 11.5 Å². The maximum atomic E-state index is 10.5. The molecule has 0 fully saturated rings. The zero-order chi connectivity index (χ0) is 10.2. The smallest absolute Gasteiger partial charge is 0.325 e. The molecule has 0 aromatic heterocycles. The van der Waals surface area contributed by atoms with Crippen molar-refractivity contribution in [3.8, 4) is 0 Å². The predicted molar refractivity (Wildman–Crippen MR) is 40.5 cm³/mol. The van der Waals surface area contributed by atoms with Crippen molar-refractivity contribution in [2.45, 2.75) is 24.9 Å². The lowest BCUT2D eigenvalue weighted by Gasteiger charge is -2.33. The van der Waals surface area contributed by atoms with Crippen LogP contribution in [-0.2, 0) is 9.59 Å². The van der Waals surface area contributed by atoms with E-state index in [4.69, 9.17) is 21.7 Å². The van der Waals surface area contributed by atoms with Crippen LogP contribution in [-0.4, -0.2) is 33.2 Å². The van der Waals surface area contributed by atoms with E-state index in [0.29, 0.717) is 0 Å². The van der Waals surface area contributed by atoms with Gasteiger partial charge in [0.15, 0.2) is 0 Å². The van der Waals surface area contributed by atoms with Gasteiger partial charge in [-0.2, -0.15) is 0 Å². The number of nitrogens with two attached hydrogens (primary N) is 2. The zero-order valence-corrected chi connectivity index (χ0v) is 6.87. The minimum atomic E-state index is -1.99. The van der Waals surface area contributed by atoms with E-state index in [2.05, 4.69) is 0 Å². The van der Waals surface area contributed by atoms with E-state index < -0.39 is 23.0 Å². The second-order valence-corrected chi connectivity index (χ2v) is 3.02. The fourth-order valence-electron chi connectivity index (χ4n) is 0.444. The first-order chi connectivity index (χ1) is 5.14. The van der Waals surface area contributed by atoms with Crippen molar-refractivity contribution < 1.29 is 19.8 Å². The molecule has 0 saturated heterocycles. The molecule has 6 nitrogen and oxygen atoms in total. The van der Waals surface area contributed by atoms with Gasteiger partial charge in [0.1, 0.15) is 11.1 Å². The third-order valence-electron chi connectivity index (χ3n) is 1.97. The van der Waals surface area contributed by atoms with Crippen LogP contribution in [0.15, 0.2) is 0 Å². The normalized spacial score (nSPS) is 20.7. The maximum absolute atomic E-state index is 10.5. The number of carboxylic acid groups (broad SMARTS) is 2. The van der Waals surface area contributed by atoms with Crippen LogP contribution in [0.25, 0.3) is 0 Å². The molecular weight excluding hydrogens is 164 g/mol. The standard InChI is InChI=1S/C6H12N2O4/c1-5(7,3(9)10)6(2,8)4(11)12/h7-8H2,1-2H3,(H,9,10)(H,11,12)/t5-,6-/m1/s1. The van der Waals surface area contributed by atoms with Crippen molar-refractivity contribution in [2.24, 2.45) is 11.5 Å². The second kappa shape index (κ2) is 2.72. The molecular formula is C6H12N2O4. The average Bonchev–Trinajstić information content (AvgIpc) is 1.86. The SMILES string of the molecule is C[C@@](N)(C(=O)O)[C@](C)(N)C(=O)O. The molecule has 0 aromatic rings. The fraction of sp³-hybridized carbons (Fsp3) is 0.667. The van der Waals surface area contributed by atoms with E-state index in [1.165, 1.54) is 0 Å². The van der Waals surface area contributed by atoms with Crippen molar-refractivity contribution in [3.63, 3.8) is 0 Å². The summed E-state index contributed by atoms with van der Waals surface area (Å²) in [7, 11) is 0. The Labute approximate surface area is 69.2 Å². The molecule has 0 unspecified atom stereocenters. The lowest BCUT2D eigenvalue weighted by Crippen LogP contribution is -2.70. The molecule has 0 aromatic carbocycles. The summed E-state index contributed by atoms with van der Waals surface area (Å²) >= 11 is 0. The Bertz CT molecular complexity index is 198. The summed E-state index contributed by atoms with van der Waals surface area (Å²) in [5, 5.41) is 17.1. The Morgan fingerprint density at radius 2 is 1.17 bits per heavy atom. The molecule has 70 valence electrons. The Morgan fingerprint density at radius 1 is 1.00 bits per heavy atom. The summed E-state index contributed by atoms with van der Waals surface area (Å²) in [4.78, 5) is 21.0. The highest BCUT2D eigenvalue weighted by atomic mass is 16.4. The highest BCUT2D eigenvalue weighted by Crippen LogP contribution is 2.16. The minimum Gasteiger partial charge on any atom is -0.480 e. The third kappa shape index (κ3) is 1.39. The monoisotopic (exact) mass is 176 g/mol. The highest BCUT2D eigenvalue weighted by Gasteiger charge is 2.50. The number of hydrogen-bond acceptors (Lipinski definition) is 4. The van der Waals surface area contributed by atoms with Crippen LogP contribution in [0, 0.1) is 0 Å². The van der Waals surface area contributed by atoms with Crippen LogP contribution in [0.2, 0.25) is 0 Å². The van der Waals surface area contributed by atoms with E-state index in [-0.39, 0.29) is 0 Å². The van der Waals surface area contributed by atoms with Crippen molar-refractivity contribution in [2.75, 3.05) is 0 Å². The van der Waals surface area contributed by atoms with Gasteiger partial charge in [0, 0.05) is 0 Å². The molecule has 12 heavy (non-hydrogen) atoms. The molecule has 0 saturated carbocycles. The van der Waals surface area contributed by atoms with Gasteiger partial charge < -0.3 is 21.7 Å². The second-order valence-electron chi connectivity index (χ2n) is 3.02. The maximum Gasteiger partial charge on any atom is 0.325 e. The van der Waals surface area contributed by atoms with Gasteiger partial charge in [-0.05, 0) is 13.8 Å². The fourth-order valence-corrected chi connectivity index (χ4v) is 0.444. The molecule has 0 radical (unpaired) electrons. The average molecular weight is 176 g/mol. The Morgan fingerprint density at radius 3 is 1.25 bits per heavy atom. The quantitative estimate of drug-likeness (QED) is 0.418. The van der Waals surface area contributed by atoms with Crippen LogP contribution >= 0.6 is 0 Å². The molecule has 6 heteroatoms. The van der Waals surface area contributed by atoms with Crippen LogP contribution in [0.1, 0.15) is 13.8 Å². The van der Waals surface area contributed by atoms with Crippen LogP contribution in [0.3, 0.4) is 0 Å². The number of carboxylic acids is 2. The largest absolute Gasteiger partial charge is 0.480 e. The topological polar surface area (TPSA) is 127 Å². The molecule has 0 heterocycles. The summed E-state index contributed by atoms with van der Waals surface area (Å²) in [5.41, 5.74) is 6.49. The van der Waals surface area contributed by atoms with Crippen LogP contribution in [0.4, 0.5) is 0 Å². The lowest BCUT2D eigenvalue weighted by atomic mass is 9.81. The lowest BCUT2D eigenvalue weighted by molar-refractivity contribution is -0.155. The van der Waals surface area contributed by atoms with Gasteiger partial charge >= 0.3 is 11.9 Å². The molecule has 0 spiro atoms. The van der Waals surface area contributed by atoms with Crippen molar-refractivity contribution >= 4 is 11.9 Å². The van der Waals surface area contributed by atoms with E-state index in [1.807, 2.05) is 0 Å². The first-order valence-electron chi connectivity index (χ1n) is 3.18. The molecule has 0 rings (SSSR count). The van der Waals surface area contributed by atoms with Gasteiger partial charge in [0.25, 0.3) is 0 Å². The predicted octanol–water partition coefficient (Wildman–Crippen LogP) is -1.41. The molecule has 0 aliphatic heterocycles. The highest BCUT2D eigenvalue weighted by molar-refractivity contribution is 5.91. The number of carbonyl (C=O) groups is 2. The summed E-state index contributed by atoms with van der Waals surface area (Å²) in [5.74, 6) is -2.90. The van der Waals surface area contributed by atoms with Gasteiger partial charge in [0.2, 0.25) is 0 Å². The third-order valence-corrected chi connectivity index (χ3v) is 1.97. The van der Waals surface area contributed by atoms with Crippen LogP contribution in [0.5, 0.6) is 0 Å². The molecule has 0 aliphatic carbocycles. The van der Waals surface area contributed by atoms with Crippen molar-refractivity contribution in [3.05, 3.63) is 0 Å². The summed E-state index contributed by atoms with van der Waals surface area (Å²) in [6.45, 7) is 2.12. The van der Waals surface area contributed by atoms with Gasteiger partial charge in [-0.3, -0.25) is 9.59 Å². The summed E-state index contributed by atoms with van der Waals surface area (Å²) < 4.78 is 0. The van der Waals surface area contributed by atoms with E-state index in [1.54, 1.807) is 0 Å². The molecule has 2 atom stereocenters. The Kier molecular flexibility index (Phi) is 2.46. The molecule has 6 N–H and O–H groups in total. The van der Waals surface area contributed by atoms with Crippen molar-refractivity contribution in [1.82, 2.24) is 0 Å².